The largest absolute Gasteiger partial charge is 0.491 e. The van der Waals surface area contributed by atoms with Crippen LogP contribution in [0.2, 0.25) is 0 Å². The van der Waals surface area contributed by atoms with Gasteiger partial charge in [0.2, 0.25) is 0 Å². The lowest BCUT2D eigenvalue weighted by molar-refractivity contribution is 0.0469. The molecule has 0 radical (unpaired) electrons. The van der Waals surface area contributed by atoms with Crippen molar-refractivity contribution >= 4 is 17.5 Å². The van der Waals surface area contributed by atoms with Gasteiger partial charge in [-0.25, -0.2) is 4.79 Å². The summed E-state index contributed by atoms with van der Waals surface area (Å²) in [5, 5.41) is 13.1. The van der Waals surface area contributed by atoms with E-state index in [1.165, 1.54) is 5.69 Å². The molecule has 7 heteroatoms. The zero-order chi connectivity index (χ0) is 22.6. The molecule has 1 amide bonds. The van der Waals surface area contributed by atoms with E-state index in [1.807, 2.05) is 36.4 Å². The molecule has 174 valence electrons. The summed E-state index contributed by atoms with van der Waals surface area (Å²) in [5.41, 5.74) is 1.79. The fourth-order valence-corrected chi connectivity index (χ4v) is 3.73. The molecule has 1 fully saturated rings. The van der Waals surface area contributed by atoms with E-state index in [-0.39, 0.29) is 6.61 Å². The molecule has 0 aromatic heterocycles. The molecule has 32 heavy (non-hydrogen) atoms. The summed E-state index contributed by atoms with van der Waals surface area (Å²) in [6, 6.07) is 17.6. The van der Waals surface area contributed by atoms with Gasteiger partial charge in [-0.3, -0.25) is 10.2 Å². The maximum atomic E-state index is 12.2. The van der Waals surface area contributed by atoms with Crippen LogP contribution in [-0.2, 0) is 4.74 Å². The van der Waals surface area contributed by atoms with Crippen molar-refractivity contribution in [3.05, 3.63) is 54.6 Å². The van der Waals surface area contributed by atoms with Gasteiger partial charge in [-0.15, -0.1) is 0 Å². The third kappa shape index (κ3) is 7.73. The number of carbonyl (C=O) groups is 1. The number of aliphatic hydroxyl groups is 1. The second-order valence-corrected chi connectivity index (χ2v) is 8.05. The van der Waals surface area contributed by atoms with Crippen LogP contribution in [0.4, 0.5) is 16.2 Å². The Balaban J connectivity index is 1.36. The maximum Gasteiger partial charge on any atom is 0.411 e. The van der Waals surface area contributed by atoms with Crippen LogP contribution in [0.25, 0.3) is 0 Å². The van der Waals surface area contributed by atoms with Gasteiger partial charge in [0.25, 0.3) is 0 Å². The average molecular weight is 442 g/mol. The number of β-amino-alcohol motifs (C(OH)–C–C–N with tert-alkyl or cyclic N) is 1. The van der Waals surface area contributed by atoms with E-state index in [0.717, 1.165) is 45.4 Å². The van der Waals surface area contributed by atoms with Gasteiger partial charge < -0.3 is 19.5 Å². The Bertz CT molecular complexity index is 810. The number of anilines is 2. The van der Waals surface area contributed by atoms with E-state index >= 15 is 0 Å². The predicted molar refractivity (Wildman–Crippen MR) is 128 cm³/mol. The molecule has 2 aromatic rings. The topological polar surface area (TPSA) is 74.3 Å². The van der Waals surface area contributed by atoms with Crippen molar-refractivity contribution in [1.82, 2.24) is 4.90 Å². The van der Waals surface area contributed by atoms with Gasteiger partial charge in [-0.05, 0) is 30.7 Å². The number of unbranched alkanes of at least 4 members (excludes halogenated alkanes) is 2. The van der Waals surface area contributed by atoms with Gasteiger partial charge in [0.15, 0.2) is 0 Å². The van der Waals surface area contributed by atoms with Gasteiger partial charge >= 0.3 is 6.09 Å². The van der Waals surface area contributed by atoms with E-state index in [2.05, 4.69) is 34.2 Å². The summed E-state index contributed by atoms with van der Waals surface area (Å²) in [6.07, 6.45) is 1.88. The number of hydrogen-bond acceptors (Lipinski definition) is 6. The van der Waals surface area contributed by atoms with Gasteiger partial charge in [0.1, 0.15) is 18.5 Å². The predicted octanol–water partition coefficient (Wildman–Crippen LogP) is 3.99. The second kappa shape index (κ2) is 12.9. The minimum atomic E-state index is -0.732. The summed E-state index contributed by atoms with van der Waals surface area (Å²) in [5.74, 6) is 0.623. The number of hydrogen-bond donors (Lipinski definition) is 2. The molecule has 2 aromatic carbocycles. The van der Waals surface area contributed by atoms with Crippen LogP contribution in [0.3, 0.4) is 0 Å². The summed E-state index contributed by atoms with van der Waals surface area (Å²) in [4.78, 5) is 16.8. The molecule has 1 aliphatic heterocycles. The average Bonchev–Trinajstić information content (AvgIpc) is 2.82. The van der Waals surface area contributed by atoms with Gasteiger partial charge in [0, 0.05) is 38.4 Å². The van der Waals surface area contributed by atoms with E-state index in [9.17, 15) is 9.90 Å². The molecular formula is C25H35N3O4. The number of carbonyl (C=O) groups excluding carboxylic acids is 1. The van der Waals surface area contributed by atoms with E-state index in [0.29, 0.717) is 24.6 Å². The van der Waals surface area contributed by atoms with Crippen LogP contribution < -0.4 is 15.0 Å². The number of benzene rings is 2. The van der Waals surface area contributed by atoms with Crippen molar-refractivity contribution in [2.24, 2.45) is 0 Å². The fourth-order valence-electron chi connectivity index (χ4n) is 3.73. The number of aliphatic hydroxyl groups excluding tert-OH is 1. The minimum absolute atomic E-state index is 0.0513. The molecular weight excluding hydrogens is 406 g/mol. The van der Waals surface area contributed by atoms with E-state index < -0.39 is 12.2 Å². The first-order valence-electron chi connectivity index (χ1n) is 11.5. The third-order valence-electron chi connectivity index (χ3n) is 5.50. The zero-order valence-corrected chi connectivity index (χ0v) is 18.9. The number of piperazine rings is 1. The normalized spacial score (nSPS) is 15.2. The van der Waals surface area contributed by atoms with Crippen molar-refractivity contribution < 1.29 is 19.4 Å². The Hall–Kier alpha value is -2.77. The van der Waals surface area contributed by atoms with Crippen LogP contribution in [0.15, 0.2) is 54.6 Å². The van der Waals surface area contributed by atoms with Crippen LogP contribution >= 0.6 is 0 Å². The van der Waals surface area contributed by atoms with Crippen molar-refractivity contribution in [2.45, 2.75) is 32.3 Å². The van der Waals surface area contributed by atoms with Gasteiger partial charge in [-0.1, -0.05) is 50.1 Å². The monoisotopic (exact) mass is 441 g/mol. The molecule has 1 heterocycles. The number of nitrogens with zero attached hydrogens (tertiary/aromatic N) is 2. The van der Waals surface area contributed by atoms with Gasteiger partial charge in [-0.2, -0.15) is 0 Å². The van der Waals surface area contributed by atoms with Crippen LogP contribution in [0.5, 0.6) is 5.75 Å². The molecule has 1 unspecified atom stereocenters. The molecule has 3 rings (SSSR count). The Morgan fingerprint density at radius 3 is 2.50 bits per heavy atom. The summed E-state index contributed by atoms with van der Waals surface area (Å²) >= 11 is 0. The first-order chi connectivity index (χ1) is 15.7. The number of amides is 1. The highest BCUT2D eigenvalue weighted by Crippen LogP contribution is 2.24. The molecule has 2 N–H and O–H groups in total. The highest BCUT2D eigenvalue weighted by Gasteiger charge is 2.20. The summed E-state index contributed by atoms with van der Waals surface area (Å²) in [7, 11) is 0. The molecule has 0 aliphatic carbocycles. The van der Waals surface area contributed by atoms with E-state index in [1.54, 1.807) is 6.07 Å². The van der Waals surface area contributed by atoms with Crippen molar-refractivity contribution in [2.75, 3.05) is 56.2 Å². The molecule has 0 saturated carbocycles. The Labute approximate surface area is 190 Å². The quantitative estimate of drug-likeness (QED) is 0.514. The van der Waals surface area contributed by atoms with Crippen LogP contribution in [0.1, 0.15) is 26.2 Å². The van der Waals surface area contributed by atoms with Crippen molar-refractivity contribution in [1.29, 1.82) is 0 Å². The number of ether oxygens (including phenoxy) is 2. The first kappa shape index (κ1) is 23.9. The van der Waals surface area contributed by atoms with Gasteiger partial charge in [0.05, 0.1) is 12.3 Å². The first-order valence-corrected chi connectivity index (χ1v) is 11.5. The molecule has 1 atom stereocenters. The Kier molecular flexibility index (Phi) is 9.65. The maximum absolute atomic E-state index is 12.2. The standard InChI is InChI=1S/C25H35N3O4/c1-2-3-9-18-31-24-13-8-7-12-23(24)26-25(30)32-20-22(29)19-27-14-16-28(17-15-27)21-10-5-4-6-11-21/h4-8,10-13,22,29H,2-3,9,14-20H2,1H3,(H,26,30). The second-order valence-electron chi connectivity index (χ2n) is 8.05. The lowest BCUT2D eigenvalue weighted by Crippen LogP contribution is -2.49. The highest BCUT2D eigenvalue weighted by molar-refractivity contribution is 5.86. The van der Waals surface area contributed by atoms with Crippen molar-refractivity contribution in [3.8, 4) is 5.75 Å². The fraction of sp³-hybridized carbons (Fsp3) is 0.480. The summed E-state index contributed by atoms with van der Waals surface area (Å²) < 4.78 is 11.0. The molecule has 0 bridgehead atoms. The van der Waals surface area contributed by atoms with Crippen LogP contribution in [0, 0.1) is 0 Å². The molecule has 0 spiro atoms. The lowest BCUT2D eigenvalue weighted by Gasteiger charge is -2.36. The van der Waals surface area contributed by atoms with Crippen LogP contribution in [-0.4, -0.2) is 68.1 Å². The highest BCUT2D eigenvalue weighted by atomic mass is 16.6. The SMILES string of the molecule is CCCCCOc1ccccc1NC(=O)OCC(O)CN1CCN(c2ccccc2)CC1. The molecule has 1 saturated heterocycles. The van der Waals surface area contributed by atoms with E-state index in [4.69, 9.17) is 9.47 Å². The van der Waals surface area contributed by atoms with Crippen molar-refractivity contribution in [3.63, 3.8) is 0 Å². The minimum Gasteiger partial charge on any atom is -0.491 e. The number of para-hydroxylation sites is 3. The smallest absolute Gasteiger partial charge is 0.411 e. The number of rotatable bonds is 11. The Morgan fingerprint density at radius 1 is 1.03 bits per heavy atom. The lowest BCUT2D eigenvalue weighted by atomic mass is 10.2. The number of nitrogens with one attached hydrogen (secondary N) is 1. The molecule has 1 aliphatic rings. The Morgan fingerprint density at radius 2 is 1.75 bits per heavy atom. The summed E-state index contributed by atoms with van der Waals surface area (Å²) in [6.45, 7) is 6.72. The zero-order valence-electron chi connectivity index (χ0n) is 18.9. The molecule has 7 nitrogen and oxygen atoms in total. The third-order valence-corrected chi connectivity index (χ3v) is 5.50.